The van der Waals surface area contributed by atoms with Gasteiger partial charge in [0.15, 0.2) is 4.90 Å². The lowest BCUT2D eigenvalue weighted by molar-refractivity contribution is -0.387. The summed E-state index contributed by atoms with van der Waals surface area (Å²) in [7, 11) is -3.99. The predicted molar refractivity (Wildman–Crippen MR) is 102 cm³/mol. The second kappa shape index (κ2) is 7.53. The second-order valence-electron chi connectivity index (χ2n) is 6.47. The Balaban J connectivity index is 1.85. The first kappa shape index (κ1) is 19.7. The summed E-state index contributed by atoms with van der Waals surface area (Å²) >= 11 is 0. The van der Waals surface area contributed by atoms with Crippen LogP contribution in [0, 0.1) is 35.3 Å². The Hall–Kier alpha value is -3.03. The molecule has 1 fully saturated rings. The topological polar surface area (TPSA) is 120 Å². The monoisotopic (exact) mass is 401 g/mol. The number of anilines is 1. The van der Waals surface area contributed by atoms with Crippen LogP contribution in [0.5, 0.6) is 0 Å². The van der Waals surface area contributed by atoms with E-state index in [2.05, 4.69) is 11.1 Å². The number of nitro benzene ring substituents is 1. The number of nitriles is 1. The van der Waals surface area contributed by atoms with Crippen molar-refractivity contribution in [1.29, 1.82) is 5.26 Å². The summed E-state index contributed by atoms with van der Waals surface area (Å²) in [5, 5.41) is 20.6. The van der Waals surface area contributed by atoms with Gasteiger partial charge in [-0.25, -0.2) is 8.42 Å². The summed E-state index contributed by atoms with van der Waals surface area (Å²) in [5.74, 6) is 0. The fourth-order valence-electron chi connectivity index (χ4n) is 3.33. The number of nitro groups is 1. The molecule has 3 rings (SSSR count). The van der Waals surface area contributed by atoms with Crippen molar-refractivity contribution in [2.45, 2.75) is 18.7 Å². The minimum Gasteiger partial charge on any atom is -0.368 e. The first-order valence-corrected chi connectivity index (χ1v) is 10.1. The van der Waals surface area contributed by atoms with Gasteiger partial charge < -0.3 is 4.90 Å². The van der Waals surface area contributed by atoms with Gasteiger partial charge in [0.1, 0.15) is 6.07 Å². The maximum atomic E-state index is 12.9. The van der Waals surface area contributed by atoms with E-state index in [1.165, 1.54) is 28.6 Å². The van der Waals surface area contributed by atoms with Crippen LogP contribution in [0.3, 0.4) is 0 Å². The van der Waals surface area contributed by atoms with Crippen molar-refractivity contribution >= 4 is 21.4 Å². The fourth-order valence-corrected chi connectivity index (χ4v) is 4.91. The molecule has 1 aromatic carbocycles. The third kappa shape index (κ3) is 3.54. The van der Waals surface area contributed by atoms with Gasteiger partial charge in [0.25, 0.3) is 5.69 Å². The maximum Gasteiger partial charge on any atom is 0.289 e. The highest BCUT2D eigenvalue weighted by Gasteiger charge is 2.34. The Kier molecular flexibility index (Phi) is 5.31. The Morgan fingerprint density at radius 3 is 2.43 bits per heavy atom. The summed E-state index contributed by atoms with van der Waals surface area (Å²) in [4.78, 5) is 16.5. The molecular formula is C18H19N5O4S. The molecule has 1 aliphatic heterocycles. The van der Waals surface area contributed by atoms with Gasteiger partial charge >= 0.3 is 0 Å². The zero-order chi connectivity index (χ0) is 20.5. The zero-order valence-corrected chi connectivity index (χ0v) is 16.3. The summed E-state index contributed by atoms with van der Waals surface area (Å²) < 4.78 is 27.1. The van der Waals surface area contributed by atoms with E-state index in [4.69, 9.17) is 0 Å². The molecule has 1 aliphatic rings. The fraction of sp³-hybridized carbons (Fsp3) is 0.333. The molecule has 0 unspecified atom stereocenters. The van der Waals surface area contributed by atoms with E-state index in [9.17, 15) is 23.8 Å². The summed E-state index contributed by atoms with van der Waals surface area (Å²) in [6, 6.07) is 9.33. The Labute approximate surface area is 163 Å². The lowest BCUT2D eigenvalue weighted by Crippen LogP contribution is -2.49. The predicted octanol–water partition coefficient (Wildman–Crippen LogP) is 1.99. The van der Waals surface area contributed by atoms with Crippen LogP contribution in [0.1, 0.15) is 17.0 Å². The molecule has 0 radical (unpaired) electrons. The maximum absolute atomic E-state index is 12.9. The smallest absolute Gasteiger partial charge is 0.289 e. The van der Waals surface area contributed by atoms with Crippen LogP contribution in [0.15, 0.2) is 35.2 Å². The molecule has 0 amide bonds. The number of benzene rings is 1. The van der Waals surface area contributed by atoms with Crippen LogP contribution in [0.25, 0.3) is 0 Å². The number of hydrogen-bond donors (Lipinski definition) is 0. The molecule has 10 heteroatoms. The Morgan fingerprint density at radius 2 is 1.82 bits per heavy atom. The van der Waals surface area contributed by atoms with Crippen molar-refractivity contribution < 1.29 is 13.3 Å². The van der Waals surface area contributed by atoms with Gasteiger partial charge in [0, 0.05) is 37.9 Å². The molecular weight excluding hydrogens is 382 g/mol. The molecule has 2 heterocycles. The van der Waals surface area contributed by atoms with Crippen molar-refractivity contribution in [3.63, 3.8) is 0 Å². The average Bonchev–Trinajstić information content (AvgIpc) is 2.67. The number of rotatable bonds is 4. The molecule has 1 saturated heterocycles. The molecule has 0 saturated carbocycles. The molecule has 9 nitrogen and oxygen atoms in total. The highest BCUT2D eigenvalue weighted by atomic mass is 32.2. The van der Waals surface area contributed by atoms with Crippen molar-refractivity contribution in [3.05, 3.63) is 57.4 Å². The zero-order valence-electron chi connectivity index (χ0n) is 15.5. The lowest BCUT2D eigenvalue weighted by Gasteiger charge is -2.35. The van der Waals surface area contributed by atoms with E-state index in [0.717, 1.165) is 11.4 Å². The number of sulfonamides is 1. The van der Waals surface area contributed by atoms with Gasteiger partial charge in [0.05, 0.1) is 21.9 Å². The Bertz CT molecular complexity index is 1070. The lowest BCUT2D eigenvalue weighted by atomic mass is 10.1. The van der Waals surface area contributed by atoms with E-state index >= 15 is 0 Å². The second-order valence-corrected chi connectivity index (χ2v) is 8.38. The van der Waals surface area contributed by atoms with Gasteiger partial charge in [-0.2, -0.15) is 9.57 Å². The first-order valence-electron chi connectivity index (χ1n) is 8.62. The van der Waals surface area contributed by atoms with Crippen LogP contribution in [0.4, 0.5) is 11.4 Å². The number of piperazine rings is 1. The molecule has 0 atom stereocenters. The quantitative estimate of drug-likeness (QED) is 0.567. The van der Waals surface area contributed by atoms with Gasteiger partial charge in [-0.1, -0.05) is 12.1 Å². The van der Waals surface area contributed by atoms with Crippen LogP contribution in [-0.2, 0) is 10.0 Å². The van der Waals surface area contributed by atoms with E-state index in [1.54, 1.807) is 6.92 Å². The summed E-state index contributed by atoms with van der Waals surface area (Å²) in [6.07, 6.45) is 0. The van der Waals surface area contributed by atoms with Crippen molar-refractivity contribution in [3.8, 4) is 6.07 Å². The molecule has 0 bridgehead atoms. The van der Waals surface area contributed by atoms with E-state index in [0.29, 0.717) is 24.3 Å². The van der Waals surface area contributed by atoms with Gasteiger partial charge in [-0.3, -0.25) is 15.1 Å². The molecule has 146 valence electrons. The number of aryl methyl sites for hydroxylation is 2. The minimum absolute atomic E-state index is 0.166. The highest BCUT2D eigenvalue weighted by Crippen LogP contribution is 2.29. The standard InChI is InChI=1S/C18H19N5O4S/c1-13-11-17(15(12-19)14(2)20-13)21-7-9-22(10-8-21)28(26,27)18-6-4-3-5-16(18)23(24)25/h3-6,11H,7-10H2,1-2H3. The average molecular weight is 401 g/mol. The molecule has 2 aromatic rings. The number of hydrogen-bond acceptors (Lipinski definition) is 7. The van der Waals surface area contributed by atoms with Crippen molar-refractivity contribution in [2.75, 3.05) is 31.1 Å². The minimum atomic E-state index is -3.99. The third-order valence-corrected chi connectivity index (χ3v) is 6.62. The van der Waals surface area contributed by atoms with Crippen LogP contribution in [-0.4, -0.2) is 48.8 Å². The van der Waals surface area contributed by atoms with Crippen LogP contribution in [0.2, 0.25) is 0 Å². The van der Waals surface area contributed by atoms with Crippen molar-refractivity contribution in [1.82, 2.24) is 9.29 Å². The number of para-hydroxylation sites is 1. The number of nitrogens with zero attached hydrogens (tertiary/aromatic N) is 5. The third-order valence-electron chi connectivity index (χ3n) is 4.68. The summed E-state index contributed by atoms with van der Waals surface area (Å²) in [5.41, 5.74) is 2.18. The van der Waals surface area contributed by atoms with Gasteiger partial charge in [0.2, 0.25) is 10.0 Å². The largest absolute Gasteiger partial charge is 0.368 e. The van der Waals surface area contributed by atoms with Crippen LogP contribution >= 0.6 is 0 Å². The van der Waals surface area contributed by atoms with E-state index in [-0.39, 0.29) is 18.0 Å². The number of aromatic nitrogens is 1. The Morgan fingerprint density at radius 1 is 1.18 bits per heavy atom. The molecule has 0 aliphatic carbocycles. The normalized spacial score (nSPS) is 15.2. The molecule has 0 N–H and O–H groups in total. The molecule has 28 heavy (non-hydrogen) atoms. The summed E-state index contributed by atoms with van der Waals surface area (Å²) in [6.45, 7) is 4.69. The molecule has 0 spiro atoms. The highest BCUT2D eigenvalue weighted by molar-refractivity contribution is 7.89. The first-order chi connectivity index (χ1) is 13.3. The SMILES string of the molecule is Cc1cc(N2CCN(S(=O)(=O)c3ccccc3[N+](=O)[O-])CC2)c(C#N)c(C)n1. The van der Waals surface area contributed by atoms with E-state index in [1.807, 2.05) is 17.9 Å². The molecule has 1 aromatic heterocycles. The van der Waals surface area contributed by atoms with Gasteiger partial charge in [-0.15, -0.1) is 0 Å². The van der Waals surface area contributed by atoms with Gasteiger partial charge in [-0.05, 0) is 26.0 Å². The number of pyridine rings is 1. The van der Waals surface area contributed by atoms with Crippen molar-refractivity contribution in [2.24, 2.45) is 0 Å². The van der Waals surface area contributed by atoms with Crippen LogP contribution < -0.4 is 4.90 Å². The van der Waals surface area contributed by atoms with E-state index < -0.39 is 20.6 Å².